The van der Waals surface area contributed by atoms with Crippen molar-refractivity contribution in [2.24, 2.45) is 0 Å². The van der Waals surface area contributed by atoms with Crippen molar-refractivity contribution in [1.29, 1.82) is 0 Å². The fourth-order valence-corrected chi connectivity index (χ4v) is 2.65. The van der Waals surface area contributed by atoms with Gasteiger partial charge in [-0.3, -0.25) is 0 Å². The van der Waals surface area contributed by atoms with Crippen LogP contribution in [0.5, 0.6) is 0 Å². The fraction of sp³-hybridized carbons (Fsp3) is 0.647. The second-order valence-corrected chi connectivity index (χ2v) is 5.98. The molecular formula is C17H28N2O2. The highest BCUT2D eigenvalue weighted by Gasteiger charge is 2.19. The lowest BCUT2D eigenvalue weighted by atomic mass is 10.1. The zero-order chi connectivity index (χ0) is 15.1. The molecule has 0 aliphatic carbocycles. The van der Waals surface area contributed by atoms with Crippen LogP contribution in [0.3, 0.4) is 0 Å². The molecule has 0 unspecified atom stereocenters. The fourth-order valence-electron chi connectivity index (χ4n) is 2.65. The highest BCUT2D eigenvalue weighted by molar-refractivity contribution is 5.48. The third-order valence-electron chi connectivity index (χ3n) is 3.90. The van der Waals surface area contributed by atoms with E-state index in [0.717, 1.165) is 32.5 Å². The summed E-state index contributed by atoms with van der Waals surface area (Å²) in [6.45, 7) is 7.89. The van der Waals surface area contributed by atoms with E-state index >= 15 is 0 Å². The number of anilines is 1. The normalized spacial score (nSPS) is 16.7. The molecule has 0 amide bonds. The number of piperidine rings is 1. The minimum Gasteiger partial charge on any atom is -0.394 e. The third kappa shape index (κ3) is 5.30. The number of aliphatic hydroxyl groups is 1. The predicted octanol–water partition coefficient (Wildman–Crippen LogP) is 2.16. The Morgan fingerprint density at radius 2 is 1.90 bits per heavy atom. The lowest BCUT2D eigenvalue weighted by Gasteiger charge is -2.33. The summed E-state index contributed by atoms with van der Waals surface area (Å²) in [5.41, 5.74) is 2.62. The van der Waals surface area contributed by atoms with Crippen molar-refractivity contribution in [1.82, 2.24) is 5.32 Å². The summed E-state index contributed by atoms with van der Waals surface area (Å²) in [6, 6.07) is 9.36. The van der Waals surface area contributed by atoms with Crippen molar-refractivity contribution in [3.05, 3.63) is 29.8 Å². The minimum atomic E-state index is 0.117. The number of hydrogen-bond donors (Lipinski definition) is 2. The van der Waals surface area contributed by atoms with E-state index in [1.165, 1.54) is 11.3 Å². The SMILES string of the molecule is CC(C)NCc1ccc(N2CCC(OCCO)CC2)cc1. The number of nitrogens with one attached hydrogen (secondary N) is 1. The molecule has 1 saturated heterocycles. The van der Waals surface area contributed by atoms with Crippen LogP contribution in [0.25, 0.3) is 0 Å². The average molecular weight is 292 g/mol. The van der Waals surface area contributed by atoms with Gasteiger partial charge >= 0.3 is 0 Å². The molecule has 2 rings (SSSR count). The van der Waals surface area contributed by atoms with Crippen LogP contribution in [-0.4, -0.2) is 43.6 Å². The molecule has 1 aromatic rings. The molecule has 1 heterocycles. The third-order valence-corrected chi connectivity index (χ3v) is 3.90. The van der Waals surface area contributed by atoms with Crippen LogP contribution in [0.4, 0.5) is 5.69 Å². The van der Waals surface area contributed by atoms with Gasteiger partial charge in [0.2, 0.25) is 0 Å². The van der Waals surface area contributed by atoms with Crippen LogP contribution >= 0.6 is 0 Å². The van der Waals surface area contributed by atoms with Crippen LogP contribution in [0.2, 0.25) is 0 Å². The van der Waals surface area contributed by atoms with E-state index < -0.39 is 0 Å². The first-order valence-electron chi connectivity index (χ1n) is 7.99. The maximum absolute atomic E-state index is 8.79. The standard InChI is InChI=1S/C17H28N2O2/c1-14(2)18-13-15-3-5-16(6-4-15)19-9-7-17(8-10-19)21-12-11-20/h3-6,14,17-18,20H,7-13H2,1-2H3. The highest BCUT2D eigenvalue weighted by atomic mass is 16.5. The lowest BCUT2D eigenvalue weighted by molar-refractivity contribution is 0.0159. The highest BCUT2D eigenvalue weighted by Crippen LogP contribution is 2.21. The van der Waals surface area contributed by atoms with E-state index in [4.69, 9.17) is 9.84 Å². The molecule has 4 heteroatoms. The number of aliphatic hydroxyl groups excluding tert-OH is 1. The number of hydrogen-bond acceptors (Lipinski definition) is 4. The Hall–Kier alpha value is -1.10. The molecule has 2 N–H and O–H groups in total. The molecule has 1 aliphatic rings. The van der Waals surface area contributed by atoms with Crippen molar-refractivity contribution < 1.29 is 9.84 Å². The number of benzene rings is 1. The van der Waals surface area contributed by atoms with E-state index in [0.29, 0.717) is 18.8 Å². The Labute approximate surface area is 128 Å². The van der Waals surface area contributed by atoms with Gasteiger partial charge in [0.05, 0.1) is 19.3 Å². The van der Waals surface area contributed by atoms with Crippen molar-refractivity contribution in [2.45, 2.75) is 45.4 Å². The van der Waals surface area contributed by atoms with E-state index in [1.54, 1.807) is 0 Å². The van der Waals surface area contributed by atoms with Crippen molar-refractivity contribution in [3.63, 3.8) is 0 Å². The molecule has 0 aromatic heterocycles. The van der Waals surface area contributed by atoms with E-state index in [-0.39, 0.29) is 6.61 Å². The summed E-state index contributed by atoms with van der Waals surface area (Å²) in [7, 11) is 0. The van der Waals surface area contributed by atoms with E-state index in [2.05, 4.69) is 48.3 Å². The van der Waals surface area contributed by atoms with Gasteiger partial charge in [0.25, 0.3) is 0 Å². The van der Waals surface area contributed by atoms with E-state index in [9.17, 15) is 0 Å². The van der Waals surface area contributed by atoms with Crippen molar-refractivity contribution >= 4 is 5.69 Å². The molecule has 4 nitrogen and oxygen atoms in total. The maximum atomic E-state index is 8.79. The first-order chi connectivity index (χ1) is 10.2. The Bertz CT molecular complexity index is 398. The van der Waals surface area contributed by atoms with Gasteiger partial charge in [0.1, 0.15) is 0 Å². The van der Waals surface area contributed by atoms with Gasteiger partial charge in [-0.25, -0.2) is 0 Å². The Balaban J connectivity index is 1.80. The van der Waals surface area contributed by atoms with Gasteiger partial charge in [-0.15, -0.1) is 0 Å². The molecule has 118 valence electrons. The predicted molar refractivity (Wildman–Crippen MR) is 86.7 cm³/mol. The molecule has 0 spiro atoms. The van der Waals surface area contributed by atoms with Crippen LogP contribution in [0, 0.1) is 0 Å². The second-order valence-electron chi connectivity index (χ2n) is 5.98. The van der Waals surface area contributed by atoms with Crippen molar-refractivity contribution in [3.8, 4) is 0 Å². The monoisotopic (exact) mass is 292 g/mol. The Morgan fingerprint density at radius 1 is 1.24 bits per heavy atom. The minimum absolute atomic E-state index is 0.117. The molecular weight excluding hydrogens is 264 g/mol. The van der Waals surface area contributed by atoms with Gasteiger partial charge in [-0.05, 0) is 30.5 Å². The summed E-state index contributed by atoms with van der Waals surface area (Å²) >= 11 is 0. The van der Waals surface area contributed by atoms with Gasteiger partial charge in [0, 0.05) is 31.4 Å². The lowest BCUT2D eigenvalue weighted by Crippen LogP contribution is -2.37. The number of rotatable bonds is 7. The average Bonchev–Trinajstić information content (AvgIpc) is 2.52. The molecule has 0 radical (unpaired) electrons. The molecule has 1 aliphatic heterocycles. The Kier molecular flexibility index (Phi) is 6.49. The molecule has 1 fully saturated rings. The first kappa shape index (κ1) is 16.3. The van der Waals surface area contributed by atoms with Crippen LogP contribution in [0.1, 0.15) is 32.3 Å². The van der Waals surface area contributed by atoms with Gasteiger partial charge in [0.15, 0.2) is 0 Å². The summed E-state index contributed by atoms with van der Waals surface area (Å²) < 4.78 is 5.60. The summed E-state index contributed by atoms with van der Waals surface area (Å²) in [5.74, 6) is 0. The quantitative estimate of drug-likeness (QED) is 0.808. The second kappa shape index (κ2) is 8.37. The largest absolute Gasteiger partial charge is 0.394 e. The maximum Gasteiger partial charge on any atom is 0.0701 e. The molecule has 21 heavy (non-hydrogen) atoms. The van der Waals surface area contributed by atoms with E-state index in [1.807, 2.05) is 0 Å². The first-order valence-corrected chi connectivity index (χ1v) is 7.99. The molecule has 1 aromatic carbocycles. The van der Waals surface area contributed by atoms with Gasteiger partial charge < -0.3 is 20.1 Å². The Morgan fingerprint density at radius 3 is 2.48 bits per heavy atom. The van der Waals surface area contributed by atoms with Gasteiger partial charge in [-0.2, -0.15) is 0 Å². The topological polar surface area (TPSA) is 44.7 Å². The van der Waals surface area contributed by atoms with Crippen LogP contribution < -0.4 is 10.2 Å². The van der Waals surface area contributed by atoms with Gasteiger partial charge in [-0.1, -0.05) is 26.0 Å². The number of ether oxygens (including phenoxy) is 1. The smallest absolute Gasteiger partial charge is 0.0701 e. The zero-order valence-electron chi connectivity index (χ0n) is 13.2. The summed E-state index contributed by atoms with van der Waals surface area (Å²) in [6.07, 6.45) is 2.38. The van der Waals surface area contributed by atoms with Crippen molar-refractivity contribution in [2.75, 3.05) is 31.2 Å². The summed E-state index contributed by atoms with van der Waals surface area (Å²) in [4.78, 5) is 2.42. The van der Waals surface area contributed by atoms with Crippen LogP contribution in [0.15, 0.2) is 24.3 Å². The van der Waals surface area contributed by atoms with Crippen LogP contribution in [-0.2, 0) is 11.3 Å². The molecule has 0 saturated carbocycles. The zero-order valence-corrected chi connectivity index (χ0v) is 13.2. The number of nitrogens with zero attached hydrogens (tertiary/aromatic N) is 1. The summed E-state index contributed by atoms with van der Waals surface area (Å²) in [5, 5.41) is 12.2. The molecule has 0 atom stereocenters. The molecule has 0 bridgehead atoms.